The SMILES string of the molecule is CC(=O)N[C@H]1C([C@H](O)[C@H](O)CO)O[C@@](O)(C(=O)O)[C@@H](F)C1O. The van der Waals surface area contributed by atoms with Gasteiger partial charge in [0.1, 0.15) is 24.4 Å². The van der Waals surface area contributed by atoms with Crippen LogP contribution in [0.5, 0.6) is 0 Å². The molecule has 1 saturated heterocycles. The molecule has 10 nitrogen and oxygen atoms in total. The molecule has 1 aliphatic rings. The van der Waals surface area contributed by atoms with E-state index in [4.69, 9.17) is 10.2 Å². The zero-order valence-corrected chi connectivity index (χ0v) is 11.5. The van der Waals surface area contributed by atoms with Crippen molar-refractivity contribution in [2.45, 2.75) is 49.3 Å². The van der Waals surface area contributed by atoms with E-state index in [0.29, 0.717) is 0 Å². The number of rotatable bonds is 5. The highest BCUT2D eigenvalue weighted by atomic mass is 19.1. The summed E-state index contributed by atoms with van der Waals surface area (Å²) in [6, 6.07) is -1.66. The zero-order chi connectivity index (χ0) is 17.2. The van der Waals surface area contributed by atoms with Gasteiger partial charge in [-0.15, -0.1) is 0 Å². The molecule has 0 aromatic heterocycles. The quantitative estimate of drug-likeness (QED) is 0.266. The predicted molar refractivity (Wildman–Crippen MR) is 65.1 cm³/mol. The van der Waals surface area contributed by atoms with Gasteiger partial charge in [0.15, 0.2) is 6.17 Å². The third-order valence-corrected chi connectivity index (χ3v) is 3.31. The number of halogens is 1. The summed E-state index contributed by atoms with van der Waals surface area (Å²) in [5.41, 5.74) is 0. The van der Waals surface area contributed by atoms with Crippen LogP contribution in [0.3, 0.4) is 0 Å². The van der Waals surface area contributed by atoms with Gasteiger partial charge in [-0.1, -0.05) is 0 Å². The first-order valence-electron chi connectivity index (χ1n) is 6.26. The second-order valence-electron chi connectivity index (χ2n) is 4.94. The molecule has 22 heavy (non-hydrogen) atoms. The van der Waals surface area contributed by atoms with Gasteiger partial charge in [0, 0.05) is 6.92 Å². The maximum Gasteiger partial charge on any atom is 0.367 e. The number of alkyl halides is 1. The lowest BCUT2D eigenvalue weighted by molar-refractivity contribution is -0.320. The van der Waals surface area contributed by atoms with Gasteiger partial charge in [0.25, 0.3) is 0 Å². The maximum absolute atomic E-state index is 13.9. The molecule has 1 aliphatic heterocycles. The Hall–Kier alpha value is -1.37. The highest BCUT2D eigenvalue weighted by Gasteiger charge is 2.61. The van der Waals surface area contributed by atoms with Crippen molar-refractivity contribution in [1.82, 2.24) is 5.32 Å². The van der Waals surface area contributed by atoms with E-state index >= 15 is 0 Å². The smallest absolute Gasteiger partial charge is 0.367 e. The second-order valence-corrected chi connectivity index (χ2v) is 4.94. The molecule has 7 atom stereocenters. The fraction of sp³-hybridized carbons (Fsp3) is 0.818. The first-order valence-corrected chi connectivity index (χ1v) is 6.26. The molecule has 2 unspecified atom stereocenters. The van der Waals surface area contributed by atoms with Crippen LogP contribution >= 0.6 is 0 Å². The number of aliphatic hydroxyl groups is 5. The Morgan fingerprint density at radius 3 is 2.36 bits per heavy atom. The average Bonchev–Trinajstić information content (AvgIpc) is 2.45. The Morgan fingerprint density at radius 2 is 1.95 bits per heavy atom. The monoisotopic (exact) mass is 327 g/mol. The minimum absolute atomic E-state index is 0.767. The lowest BCUT2D eigenvalue weighted by Gasteiger charge is -2.46. The lowest BCUT2D eigenvalue weighted by atomic mass is 9.87. The Balaban J connectivity index is 3.19. The summed E-state index contributed by atoms with van der Waals surface area (Å²) in [4.78, 5) is 22.1. The number of hydrogen-bond acceptors (Lipinski definition) is 8. The fourth-order valence-corrected chi connectivity index (χ4v) is 2.13. The van der Waals surface area contributed by atoms with Gasteiger partial charge in [0.2, 0.25) is 5.91 Å². The van der Waals surface area contributed by atoms with E-state index in [1.54, 1.807) is 0 Å². The number of hydrogen-bond donors (Lipinski definition) is 7. The lowest BCUT2D eigenvalue weighted by Crippen LogP contribution is -2.72. The van der Waals surface area contributed by atoms with Crippen LogP contribution in [0.1, 0.15) is 6.92 Å². The Morgan fingerprint density at radius 1 is 1.41 bits per heavy atom. The summed E-state index contributed by atoms with van der Waals surface area (Å²) < 4.78 is 18.5. The number of ether oxygens (including phenoxy) is 1. The number of nitrogens with one attached hydrogen (secondary N) is 1. The molecule has 0 radical (unpaired) electrons. The van der Waals surface area contributed by atoms with Gasteiger partial charge in [-0.25, -0.2) is 9.18 Å². The molecule has 128 valence electrons. The summed E-state index contributed by atoms with van der Waals surface area (Å²) in [6.45, 7) is 0.0400. The van der Waals surface area contributed by atoms with Gasteiger partial charge in [-0.2, -0.15) is 0 Å². The zero-order valence-electron chi connectivity index (χ0n) is 11.5. The normalized spacial score (nSPS) is 38.1. The summed E-state index contributed by atoms with van der Waals surface area (Å²) >= 11 is 0. The second kappa shape index (κ2) is 6.81. The van der Waals surface area contributed by atoms with Crippen molar-refractivity contribution >= 4 is 11.9 Å². The number of carboxylic acids is 1. The largest absolute Gasteiger partial charge is 0.477 e. The van der Waals surface area contributed by atoms with Gasteiger partial charge < -0.3 is 40.7 Å². The first-order chi connectivity index (χ1) is 10.1. The van der Waals surface area contributed by atoms with E-state index in [2.05, 4.69) is 4.74 Å². The highest BCUT2D eigenvalue weighted by molar-refractivity contribution is 5.77. The summed E-state index contributed by atoms with van der Waals surface area (Å²) in [5.74, 6) is -6.43. The Bertz CT molecular complexity index is 436. The fourth-order valence-electron chi connectivity index (χ4n) is 2.13. The molecule has 1 fully saturated rings. The topological polar surface area (TPSA) is 177 Å². The molecule has 0 spiro atoms. The van der Waals surface area contributed by atoms with Crippen molar-refractivity contribution in [1.29, 1.82) is 0 Å². The molecular weight excluding hydrogens is 309 g/mol. The van der Waals surface area contributed by atoms with E-state index in [0.717, 1.165) is 6.92 Å². The number of aliphatic hydroxyl groups excluding tert-OH is 4. The molecule has 0 aromatic rings. The molecule has 1 heterocycles. The van der Waals surface area contributed by atoms with E-state index in [9.17, 15) is 34.4 Å². The summed E-state index contributed by atoms with van der Waals surface area (Å²) in [7, 11) is 0. The maximum atomic E-state index is 13.9. The molecule has 0 bridgehead atoms. The molecular formula is C11H18FNO9. The van der Waals surface area contributed by atoms with Gasteiger partial charge >= 0.3 is 11.8 Å². The van der Waals surface area contributed by atoms with Crippen molar-refractivity contribution in [3.05, 3.63) is 0 Å². The molecule has 7 N–H and O–H groups in total. The Kier molecular flexibility index (Phi) is 5.78. The van der Waals surface area contributed by atoms with Crippen LogP contribution in [0.15, 0.2) is 0 Å². The van der Waals surface area contributed by atoms with Crippen molar-refractivity contribution in [2.75, 3.05) is 6.61 Å². The molecule has 0 saturated carbocycles. The summed E-state index contributed by atoms with van der Waals surface area (Å²) in [6.07, 6.45) is -10.8. The van der Waals surface area contributed by atoms with Crippen LogP contribution in [0.4, 0.5) is 4.39 Å². The van der Waals surface area contributed by atoms with Crippen LogP contribution in [0.25, 0.3) is 0 Å². The molecule has 1 amide bonds. The average molecular weight is 327 g/mol. The van der Waals surface area contributed by atoms with Crippen LogP contribution in [-0.2, 0) is 14.3 Å². The number of amides is 1. The van der Waals surface area contributed by atoms with Crippen molar-refractivity contribution in [3.63, 3.8) is 0 Å². The molecule has 0 aromatic carbocycles. The molecule has 11 heteroatoms. The minimum Gasteiger partial charge on any atom is -0.477 e. The number of carbonyl (C=O) groups is 2. The standard InChI is InChI=1S/C11H18FNO9/c1-3(15)13-5-7(18)9(12)11(21,10(19)20)22-8(5)6(17)4(16)2-14/h4-9,14,16-18,21H,2H2,1H3,(H,13,15)(H,19,20)/t4-,5-,6-,7?,8?,9+,11-/m1/s1. The third-order valence-electron chi connectivity index (χ3n) is 3.31. The van der Waals surface area contributed by atoms with Gasteiger partial charge in [-0.05, 0) is 0 Å². The first kappa shape index (κ1) is 18.7. The number of carboxylic acid groups (broad SMARTS) is 1. The minimum atomic E-state index is -3.49. The van der Waals surface area contributed by atoms with Crippen molar-refractivity contribution in [3.8, 4) is 0 Å². The van der Waals surface area contributed by atoms with Crippen molar-refractivity contribution in [2.24, 2.45) is 0 Å². The molecule has 0 aliphatic carbocycles. The van der Waals surface area contributed by atoms with Crippen LogP contribution in [-0.4, -0.2) is 91.5 Å². The third kappa shape index (κ3) is 3.34. The van der Waals surface area contributed by atoms with E-state index in [-0.39, 0.29) is 0 Å². The predicted octanol–water partition coefficient (Wildman–Crippen LogP) is -3.92. The van der Waals surface area contributed by atoms with E-state index in [1.807, 2.05) is 5.32 Å². The molecule has 1 rings (SSSR count). The van der Waals surface area contributed by atoms with Crippen molar-refractivity contribution < 1.29 is 49.4 Å². The van der Waals surface area contributed by atoms with Crippen LogP contribution in [0, 0.1) is 0 Å². The van der Waals surface area contributed by atoms with E-state index < -0.39 is 60.9 Å². The van der Waals surface area contributed by atoms with E-state index in [1.165, 1.54) is 0 Å². The van der Waals surface area contributed by atoms with Crippen LogP contribution < -0.4 is 5.32 Å². The Labute approximate surface area is 123 Å². The summed E-state index contributed by atoms with van der Waals surface area (Å²) in [5, 5.41) is 58.4. The number of carbonyl (C=O) groups excluding carboxylic acids is 1. The van der Waals surface area contributed by atoms with Gasteiger partial charge in [-0.3, -0.25) is 4.79 Å². The number of aliphatic carboxylic acids is 1. The van der Waals surface area contributed by atoms with Gasteiger partial charge in [0.05, 0.1) is 12.6 Å². The van der Waals surface area contributed by atoms with Crippen LogP contribution in [0.2, 0.25) is 0 Å². The highest BCUT2D eigenvalue weighted by Crippen LogP contribution is 2.32.